The van der Waals surface area contributed by atoms with Crippen LogP contribution in [0.3, 0.4) is 0 Å². The molecular weight excluding hydrogens is 242 g/mol. The Hall–Kier alpha value is -0.650. The minimum atomic E-state index is -0.928. The summed E-state index contributed by atoms with van der Waals surface area (Å²) in [6, 6.07) is 9.40. The van der Waals surface area contributed by atoms with Crippen LogP contribution in [0.2, 0.25) is 0 Å². The van der Waals surface area contributed by atoms with Crippen LogP contribution in [0, 0.1) is 0 Å². The second kappa shape index (κ2) is 7.60. The summed E-state index contributed by atoms with van der Waals surface area (Å²) >= 11 is 3.35. The molecule has 88 valence electrons. The maximum absolute atomic E-state index is 10.4. The van der Waals surface area contributed by atoms with Gasteiger partial charge in [0.05, 0.1) is 0 Å². The summed E-state index contributed by atoms with van der Waals surface area (Å²) < 4.78 is 0. The Morgan fingerprint density at radius 2 is 2.00 bits per heavy atom. The molecule has 0 aliphatic heterocycles. The third-order valence-corrected chi connectivity index (χ3v) is 4.21. The lowest BCUT2D eigenvalue weighted by molar-refractivity contribution is -0.137. The van der Waals surface area contributed by atoms with Gasteiger partial charge in [-0.2, -0.15) is 11.8 Å². The first-order chi connectivity index (χ1) is 7.70. The van der Waals surface area contributed by atoms with Gasteiger partial charge < -0.3 is 10.8 Å². The van der Waals surface area contributed by atoms with E-state index in [1.54, 1.807) is 23.5 Å². The molecule has 0 saturated carbocycles. The molecule has 0 aliphatic carbocycles. The van der Waals surface area contributed by atoms with Crippen LogP contribution in [0.25, 0.3) is 0 Å². The Morgan fingerprint density at radius 1 is 1.31 bits per heavy atom. The lowest BCUT2D eigenvalue weighted by Gasteiger charge is -2.05. The molecule has 0 amide bonds. The zero-order valence-corrected chi connectivity index (χ0v) is 10.5. The average Bonchev–Trinajstić information content (AvgIpc) is 2.29. The number of carbonyl (C=O) groups is 1. The van der Waals surface area contributed by atoms with Gasteiger partial charge in [-0.05, 0) is 12.1 Å². The van der Waals surface area contributed by atoms with Crippen LogP contribution in [0.15, 0.2) is 35.2 Å². The Kier molecular flexibility index (Phi) is 6.37. The summed E-state index contributed by atoms with van der Waals surface area (Å²) in [6.45, 7) is 0. The number of carboxylic acids is 1. The Labute approximate surface area is 104 Å². The highest BCUT2D eigenvalue weighted by molar-refractivity contribution is 8.03. The standard InChI is InChI=1S/C11H15NO2S2/c12-10(11(13)14)8-15-6-7-16-9-4-2-1-3-5-9/h1-5,10H,6-8,12H2,(H,13,14)/t10-/m0/s1. The Bertz CT molecular complexity index is 319. The number of benzene rings is 1. The van der Waals surface area contributed by atoms with Gasteiger partial charge in [0.25, 0.3) is 0 Å². The quantitative estimate of drug-likeness (QED) is 0.577. The van der Waals surface area contributed by atoms with E-state index in [-0.39, 0.29) is 0 Å². The van der Waals surface area contributed by atoms with Crippen LogP contribution in [0.4, 0.5) is 0 Å². The average molecular weight is 257 g/mol. The van der Waals surface area contributed by atoms with Crippen molar-refractivity contribution < 1.29 is 9.90 Å². The summed E-state index contributed by atoms with van der Waals surface area (Å²) in [5.74, 6) is 1.44. The van der Waals surface area contributed by atoms with E-state index < -0.39 is 12.0 Å². The second-order valence-corrected chi connectivity index (χ2v) is 5.50. The number of carboxylic acid groups (broad SMARTS) is 1. The molecule has 1 aromatic carbocycles. The lowest BCUT2D eigenvalue weighted by Crippen LogP contribution is -2.32. The molecule has 0 aliphatic rings. The van der Waals surface area contributed by atoms with E-state index in [9.17, 15) is 4.79 Å². The van der Waals surface area contributed by atoms with Crippen molar-refractivity contribution in [1.29, 1.82) is 0 Å². The minimum absolute atomic E-state index is 0.477. The third-order valence-electron chi connectivity index (χ3n) is 1.85. The first-order valence-corrected chi connectivity index (χ1v) is 7.08. The molecule has 16 heavy (non-hydrogen) atoms. The molecule has 3 nitrogen and oxygen atoms in total. The highest BCUT2D eigenvalue weighted by atomic mass is 32.2. The van der Waals surface area contributed by atoms with Gasteiger partial charge in [-0.1, -0.05) is 18.2 Å². The fourth-order valence-corrected chi connectivity index (χ4v) is 2.97. The van der Waals surface area contributed by atoms with E-state index in [4.69, 9.17) is 10.8 Å². The molecule has 0 fully saturated rings. The van der Waals surface area contributed by atoms with Gasteiger partial charge in [0.15, 0.2) is 0 Å². The highest BCUT2D eigenvalue weighted by Gasteiger charge is 2.10. The third kappa shape index (κ3) is 5.44. The molecule has 1 aromatic rings. The number of aliphatic carboxylic acids is 1. The summed E-state index contributed by atoms with van der Waals surface area (Å²) in [6.07, 6.45) is 0. The van der Waals surface area contributed by atoms with E-state index in [1.165, 1.54) is 4.90 Å². The van der Waals surface area contributed by atoms with Crippen molar-refractivity contribution in [2.75, 3.05) is 17.3 Å². The number of hydrogen-bond donors (Lipinski definition) is 2. The van der Waals surface area contributed by atoms with E-state index in [0.717, 1.165) is 11.5 Å². The summed E-state index contributed by atoms with van der Waals surface area (Å²) in [7, 11) is 0. The molecule has 1 rings (SSSR count). The van der Waals surface area contributed by atoms with Crippen molar-refractivity contribution in [1.82, 2.24) is 0 Å². The molecule has 0 aromatic heterocycles. The van der Waals surface area contributed by atoms with Crippen molar-refractivity contribution in [3.63, 3.8) is 0 Å². The maximum atomic E-state index is 10.4. The molecule has 0 bridgehead atoms. The Balaban J connectivity index is 2.07. The molecular formula is C11H15NO2S2. The first-order valence-electron chi connectivity index (χ1n) is 4.94. The van der Waals surface area contributed by atoms with E-state index in [2.05, 4.69) is 12.1 Å². The SMILES string of the molecule is N[C@@H](CSCCSc1ccccc1)C(=O)O. The van der Waals surface area contributed by atoms with Crippen molar-refractivity contribution in [3.8, 4) is 0 Å². The normalized spacial score (nSPS) is 12.3. The molecule has 0 spiro atoms. The molecule has 5 heteroatoms. The Morgan fingerprint density at radius 3 is 2.62 bits per heavy atom. The van der Waals surface area contributed by atoms with Gasteiger partial charge in [-0.15, -0.1) is 11.8 Å². The van der Waals surface area contributed by atoms with Crippen LogP contribution < -0.4 is 5.73 Å². The summed E-state index contributed by atoms with van der Waals surface area (Å²) in [5, 5.41) is 8.57. The van der Waals surface area contributed by atoms with E-state index >= 15 is 0 Å². The predicted molar refractivity (Wildman–Crippen MR) is 70.1 cm³/mol. The van der Waals surface area contributed by atoms with Gasteiger partial charge in [0.1, 0.15) is 6.04 Å². The van der Waals surface area contributed by atoms with Crippen LogP contribution in [-0.2, 0) is 4.79 Å². The zero-order chi connectivity index (χ0) is 11.8. The van der Waals surface area contributed by atoms with Crippen LogP contribution in [0.5, 0.6) is 0 Å². The molecule has 0 saturated heterocycles. The van der Waals surface area contributed by atoms with Gasteiger partial charge >= 0.3 is 5.97 Å². The minimum Gasteiger partial charge on any atom is -0.480 e. The van der Waals surface area contributed by atoms with Crippen LogP contribution in [-0.4, -0.2) is 34.4 Å². The fourth-order valence-electron chi connectivity index (χ4n) is 1.02. The largest absolute Gasteiger partial charge is 0.480 e. The number of thioether (sulfide) groups is 2. The van der Waals surface area contributed by atoms with Gasteiger partial charge in [-0.3, -0.25) is 4.79 Å². The first kappa shape index (κ1) is 13.4. The van der Waals surface area contributed by atoms with Gasteiger partial charge in [0, 0.05) is 22.2 Å². The number of nitrogens with two attached hydrogens (primary N) is 1. The smallest absolute Gasteiger partial charge is 0.321 e. The highest BCUT2D eigenvalue weighted by Crippen LogP contribution is 2.18. The van der Waals surface area contributed by atoms with E-state index in [0.29, 0.717) is 5.75 Å². The van der Waals surface area contributed by atoms with Crippen molar-refractivity contribution in [2.24, 2.45) is 5.73 Å². The summed E-state index contributed by atoms with van der Waals surface area (Å²) in [5.41, 5.74) is 5.38. The number of hydrogen-bond acceptors (Lipinski definition) is 4. The van der Waals surface area contributed by atoms with Crippen molar-refractivity contribution >= 4 is 29.5 Å². The van der Waals surface area contributed by atoms with Crippen molar-refractivity contribution in [2.45, 2.75) is 10.9 Å². The topological polar surface area (TPSA) is 63.3 Å². The zero-order valence-electron chi connectivity index (χ0n) is 8.83. The van der Waals surface area contributed by atoms with Gasteiger partial charge in [0.2, 0.25) is 0 Å². The van der Waals surface area contributed by atoms with E-state index in [1.807, 2.05) is 18.2 Å². The fraction of sp³-hybridized carbons (Fsp3) is 0.364. The summed E-state index contributed by atoms with van der Waals surface area (Å²) in [4.78, 5) is 11.7. The molecule has 0 heterocycles. The number of rotatable bonds is 7. The lowest BCUT2D eigenvalue weighted by atomic mass is 10.4. The molecule has 1 atom stereocenters. The molecule has 0 radical (unpaired) electrons. The predicted octanol–water partition coefficient (Wildman–Crippen LogP) is 1.92. The molecule has 3 N–H and O–H groups in total. The maximum Gasteiger partial charge on any atom is 0.321 e. The monoisotopic (exact) mass is 257 g/mol. The van der Waals surface area contributed by atoms with Crippen molar-refractivity contribution in [3.05, 3.63) is 30.3 Å². The second-order valence-electron chi connectivity index (χ2n) is 3.18. The van der Waals surface area contributed by atoms with Crippen LogP contribution >= 0.6 is 23.5 Å². The van der Waals surface area contributed by atoms with Gasteiger partial charge in [-0.25, -0.2) is 0 Å². The van der Waals surface area contributed by atoms with Crippen LogP contribution in [0.1, 0.15) is 0 Å². The molecule has 0 unspecified atom stereocenters.